The van der Waals surface area contributed by atoms with Crippen LogP contribution in [-0.2, 0) is 4.74 Å². The lowest BCUT2D eigenvalue weighted by atomic mass is 9.98. The molecule has 0 saturated carbocycles. The fourth-order valence-corrected chi connectivity index (χ4v) is 3.44. The van der Waals surface area contributed by atoms with Gasteiger partial charge in [-0.25, -0.2) is 4.79 Å². The number of amides is 1. The number of hydrogen-bond donors (Lipinski definition) is 1. The zero-order valence-electron chi connectivity index (χ0n) is 14.3. The van der Waals surface area contributed by atoms with Crippen molar-refractivity contribution in [3.8, 4) is 11.1 Å². The number of rotatable bonds is 4. The highest BCUT2D eigenvalue weighted by Gasteiger charge is 2.28. The van der Waals surface area contributed by atoms with Gasteiger partial charge in [0.25, 0.3) is 0 Å². The number of anilines is 1. The molecule has 4 rings (SSSR count). The number of nitrogens with one attached hydrogen (secondary N) is 1. The van der Waals surface area contributed by atoms with Gasteiger partial charge in [0.1, 0.15) is 6.61 Å². The summed E-state index contributed by atoms with van der Waals surface area (Å²) in [6.45, 7) is 0.219. The number of fused-ring (bicyclic) bond motifs is 3. The van der Waals surface area contributed by atoms with Crippen LogP contribution < -0.4 is 10.4 Å². The van der Waals surface area contributed by atoms with E-state index in [0.29, 0.717) is 5.69 Å². The normalized spacial score (nSPS) is 12.1. The number of carbonyl (C=O) groups is 2. The zero-order chi connectivity index (χ0) is 18.8. The van der Waals surface area contributed by atoms with E-state index >= 15 is 0 Å². The summed E-state index contributed by atoms with van der Waals surface area (Å²) in [5.41, 5.74) is 5.12. The molecule has 5 nitrogen and oxygen atoms in total. The Morgan fingerprint density at radius 3 is 1.96 bits per heavy atom. The molecule has 3 aromatic carbocycles. The van der Waals surface area contributed by atoms with Crippen LogP contribution in [0.1, 0.15) is 27.4 Å². The van der Waals surface area contributed by atoms with E-state index in [1.165, 1.54) is 35.4 Å². The molecule has 0 saturated heterocycles. The Balaban J connectivity index is 1.45. The van der Waals surface area contributed by atoms with Gasteiger partial charge in [-0.3, -0.25) is 5.32 Å². The van der Waals surface area contributed by atoms with E-state index in [-0.39, 0.29) is 18.1 Å². The molecule has 134 valence electrons. The molecule has 0 spiro atoms. The van der Waals surface area contributed by atoms with Gasteiger partial charge in [-0.05, 0) is 39.9 Å². The number of ether oxygens (including phenoxy) is 1. The van der Waals surface area contributed by atoms with Crippen LogP contribution in [0.3, 0.4) is 0 Å². The van der Waals surface area contributed by atoms with Crippen LogP contribution in [0, 0.1) is 0 Å². The Labute approximate surface area is 156 Å². The molecule has 0 unspecified atom stereocenters. The van der Waals surface area contributed by atoms with Gasteiger partial charge in [0, 0.05) is 11.6 Å². The Morgan fingerprint density at radius 1 is 0.852 bits per heavy atom. The lowest BCUT2D eigenvalue weighted by Gasteiger charge is -2.14. The summed E-state index contributed by atoms with van der Waals surface area (Å²) in [5.74, 6) is -1.27. The average molecular weight is 358 g/mol. The van der Waals surface area contributed by atoms with Crippen molar-refractivity contribution < 1.29 is 19.4 Å². The standard InChI is InChI=1S/C22H17NO4/c24-21(25)14-9-11-15(12-10-14)23-22(26)27-13-20-18-7-3-1-5-16(18)17-6-2-4-8-19(17)20/h1-12,20H,13H2,(H,23,26)(H,24,25)/p-1. The van der Waals surface area contributed by atoms with E-state index < -0.39 is 12.1 Å². The molecule has 1 N–H and O–H groups in total. The molecule has 0 aliphatic heterocycles. The zero-order valence-corrected chi connectivity index (χ0v) is 14.3. The van der Waals surface area contributed by atoms with Crippen LogP contribution in [-0.4, -0.2) is 18.7 Å². The molecule has 3 aromatic rings. The highest BCUT2D eigenvalue weighted by atomic mass is 16.5. The fourth-order valence-electron chi connectivity index (χ4n) is 3.44. The predicted molar refractivity (Wildman–Crippen MR) is 99.5 cm³/mol. The number of carboxylic acid groups (broad SMARTS) is 1. The van der Waals surface area contributed by atoms with Crippen LogP contribution >= 0.6 is 0 Å². The summed E-state index contributed by atoms with van der Waals surface area (Å²) in [6, 6.07) is 22.0. The summed E-state index contributed by atoms with van der Waals surface area (Å²) in [7, 11) is 0. The molecule has 0 radical (unpaired) electrons. The molecule has 0 aromatic heterocycles. The Hall–Kier alpha value is -3.60. The summed E-state index contributed by atoms with van der Waals surface area (Å²) in [4.78, 5) is 22.9. The molecule has 1 aliphatic carbocycles. The van der Waals surface area contributed by atoms with E-state index in [9.17, 15) is 14.7 Å². The van der Waals surface area contributed by atoms with E-state index in [2.05, 4.69) is 29.6 Å². The second-order valence-corrected chi connectivity index (χ2v) is 6.32. The minimum atomic E-state index is -1.26. The van der Waals surface area contributed by atoms with Crippen molar-refractivity contribution in [1.29, 1.82) is 0 Å². The Kier molecular flexibility index (Phi) is 4.34. The number of carbonyl (C=O) groups excluding carboxylic acids is 2. The van der Waals surface area contributed by atoms with E-state index in [0.717, 1.165) is 11.1 Å². The summed E-state index contributed by atoms with van der Waals surface area (Å²) in [5, 5.41) is 13.4. The van der Waals surface area contributed by atoms with Crippen molar-refractivity contribution in [1.82, 2.24) is 0 Å². The van der Waals surface area contributed by atoms with Gasteiger partial charge in [0.2, 0.25) is 0 Å². The van der Waals surface area contributed by atoms with Crippen molar-refractivity contribution in [3.63, 3.8) is 0 Å². The van der Waals surface area contributed by atoms with Gasteiger partial charge in [-0.1, -0.05) is 60.7 Å². The smallest absolute Gasteiger partial charge is 0.411 e. The van der Waals surface area contributed by atoms with Gasteiger partial charge < -0.3 is 14.6 Å². The van der Waals surface area contributed by atoms with E-state index in [1.807, 2.05) is 24.3 Å². The number of carboxylic acids is 1. The molecule has 1 aliphatic rings. The quantitative estimate of drug-likeness (QED) is 0.775. The minimum Gasteiger partial charge on any atom is -0.545 e. The summed E-state index contributed by atoms with van der Waals surface area (Å²) in [6.07, 6.45) is -0.585. The molecule has 0 fully saturated rings. The second-order valence-electron chi connectivity index (χ2n) is 6.32. The molecular weight excluding hydrogens is 342 g/mol. The highest BCUT2D eigenvalue weighted by Crippen LogP contribution is 2.44. The van der Waals surface area contributed by atoms with Crippen LogP contribution in [0.15, 0.2) is 72.8 Å². The Morgan fingerprint density at radius 2 is 1.41 bits per heavy atom. The van der Waals surface area contributed by atoms with Crippen molar-refractivity contribution in [3.05, 3.63) is 89.5 Å². The first-order valence-corrected chi connectivity index (χ1v) is 8.57. The summed E-state index contributed by atoms with van der Waals surface area (Å²) < 4.78 is 5.44. The first kappa shape index (κ1) is 16.8. The predicted octanol–water partition coefficient (Wildman–Crippen LogP) is 3.41. The van der Waals surface area contributed by atoms with Gasteiger partial charge in [-0.2, -0.15) is 0 Å². The first-order valence-electron chi connectivity index (χ1n) is 8.57. The maximum atomic E-state index is 12.1. The molecule has 5 heteroatoms. The third-order valence-electron chi connectivity index (χ3n) is 4.71. The highest BCUT2D eigenvalue weighted by molar-refractivity contribution is 5.88. The number of benzene rings is 3. The second kappa shape index (κ2) is 6.96. The molecule has 1 amide bonds. The minimum absolute atomic E-state index is 0.0105. The van der Waals surface area contributed by atoms with Gasteiger partial charge >= 0.3 is 6.09 Å². The lowest BCUT2D eigenvalue weighted by Crippen LogP contribution is -2.22. The first-order chi connectivity index (χ1) is 13.1. The Bertz CT molecular complexity index is 965. The molecule has 0 atom stereocenters. The summed E-state index contributed by atoms with van der Waals surface area (Å²) >= 11 is 0. The van der Waals surface area contributed by atoms with Gasteiger partial charge in [-0.15, -0.1) is 0 Å². The van der Waals surface area contributed by atoms with Crippen molar-refractivity contribution in [2.45, 2.75) is 5.92 Å². The fraction of sp³-hybridized carbons (Fsp3) is 0.0909. The molecule has 27 heavy (non-hydrogen) atoms. The van der Waals surface area contributed by atoms with Crippen LogP contribution in [0.4, 0.5) is 10.5 Å². The topological polar surface area (TPSA) is 78.5 Å². The van der Waals surface area contributed by atoms with E-state index in [4.69, 9.17) is 4.74 Å². The molecule has 0 bridgehead atoms. The molecular formula is C22H16NO4-. The van der Waals surface area contributed by atoms with Crippen LogP contribution in [0.25, 0.3) is 11.1 Å². The SMILES string of the molecule is O=C(Nc1ccc(C(=O)[O-])cc1)OCC1c2ccccc2-c2ccccc21. The van der Waals surface area contributed by atoms with Crippen molar-refractivity contribution >= 4 is 17.7 Å². The van der Waals surface area contributed by atoms with E-state index in [1.54, 1.807) is 0 Å². The van der Waals surface area contributed by atoms with Crippen LogP contribution in [0.5, 0.6) is 0 Å². The maximum absolute atomic E-state index is 12.1. The van der Waals surface area contributed by atoms with Gasteiger partial charge in [0.05, 0.1) is 5.97 Å². The third kappa shape index (κ3) is 3.27. The maximum Gasteiger partial charge on any atom is 0.411 e. The van der Waals surface area contributed by atoms with Crippen molar-refractivity contribution in [2.75, 3.05) is 11.9 Å². The van der Waals surface area contributed by atoms with Gasteiger partial charge in [0.15, 0.2) is 0 Å². The monoisotopic (exact) mass is 358 g/mol. The average Bonchev–Trinajstić information content (AvgIpc) is 3.01. The largest absolute Gasteiger partial charge is 0.545 e. The van der Waals surface area contributed by atoms with Crippen LogP contribution in [0.2, 0.25) is 0 Å². The number of hydrogen-bond acceptors (Lipinski definition) is 4. The third-order valence-corrected chi connectivity index (χ3v) is 4.71. The lowest BCUT2D eigenvalue weighted by molar-refractivity contribution is -0.255. The molecule has 0 heterocycles. The number of aromatic carboxylic acids is 1. The van der Waals surface area contributed by atoms with Crippen molar-refractivity contribution in [2.24, 2.45) is 0 Å².